The number of carboxylic acids is 1. The summed E-state index contributed by atoms with van der Waals surface area (Å²) in [5.74, 6) is -2.95. The third-order valence-electron chi connectivity index (χ3n) is 5.13. The number of aryl methyl sites for hydroxylation is 2. The van der Waals surface area contributed by atoms with Gasteiger partial charge in [-0.25, -0.2) is 13.6 Å². The molecule has 3 atom stereocenters. The SMILES string of the molecule is CCCCCCCCc1ccc(CCC(O)C(O)C(N)(CS(N)(=O)=O)C(=O)O)cn1. The average Bonchev–Trinajstić information content (AvgIpc) is 2.67. The van der Waals surface area contributed by atoms with Gasteiger partial charge >= 0.3 is 5.97 Å². The number of carboxylic acid groups (broad SMARTS) is 1. The first-order valence-electron chi connectivity index (χ1n) is 10.3. The molecule has 0 aliphatic heterocycles. The van der Waals surface area contributed by atoms with Crippen molar-refractivity contribution in [1.82, 2.24) is 4.98 Å². The Morgan fingerprint density at radius 1 is 1.13 bits per heavy atom. The van der Waals surface area contributed by atoms with Crippen molar-refractivity contribution in [2.24, 2.45) is 10.9 Å². The van der Waals surface area contributed by atoms with Gasteiger partial charge < -0.3 is 21.1 Å². The van der Waals surface area contributed by atoms with Gasteiger partial charge in [-0.1, -0.05) is 45.1 Å². The second kappa shape index (κ2) is 12.3. The third kappa shape index (κ3) is 9.05. The summed E-state index contributed by atoms with van der Waals surface area (Å²) < 4.78 is 22.5. The van der Waals surface area contributed by atoms with E-state index in [1.807, 2.05) is 12.1 Å². The molecule has 1 aromatic heterocycles. The van der Waals surface area contributed by atoms with E-state index >= 15 is 0 Å². The summed E-state index contributed by atoms with van der Waals surface area (Å²) >= 11 is 0. The van der Waals surface area contributed by atoms with Crippen molar-refractivity contribution in [3.63, 3.8) is 0 Å². The Balaban J connectivity index is 2.55. The fraction of sp³-hybridized carbons (Fsp3) is 0.700. The van der Waals surface area contributed by atoms with Crippen LogP contribution in [0.1, 0.15) is 63.1 Å². The number of nitrogens with two attached hydrogens (primary N) is 2. The smallest absolute Gasteiger partial charge is 0.327 e. The quantitative estimate of drug-likeness (QED) is 0.245. The van der Waals surface area contributed by atoms with E-state index in [9.17, 15) is 28.5 Å². The highest BCUT2D eigenvalue weighted by Crippen LogP contribution is 2.18. The van der Waals surface area contributed by atoms with Crippen LogP contribution in [0.15, 0.2) is 18.3 Å². The lowest BCUT2D eigenvalue weighted by molar-refractivity contribution is -0.150. The number of pyridine rings is 1. The van der Waals surface area contributed by atoms with E-state index in [4.69, 9.17) is 10.9 Å². The van der Waals surface area contributed by atoms with E-state index in [-0.39, 0.29) is 6.42 Å². The van der Waals surface area contributed by atoms with Gasteiger partial charge in [0.15, 0.2) is 5.54 Å². The molecule has 3 unspecified atom stereocenters. The van der Waals surface area contributed by atoms with E-state index in [2.05, 4.69) is 11.9 Å². The summed E-state index contributed by atoms with van der Waals surface area (Å²) in [5.41, 5.74) is 4.74. The van der Waals surface area contributed by atoms with E-state index < -0.39 is 39.5 Å². The van der Waals surface area contributed by atoms with Gasteiger partial charge in [0.2, 0.25) is 10.0 Å². The van der Waals surface area contributed by atoms with Crippen LogP contribution in [0.2, 0.25) is 0 Å². The molecule has 0 fully saturated rings. The first kappa shape index (κ1) is 26.4. The number of unbranched alkanes of at least 4 members (excludes halogenated alkanes) is 5. The predicted octanol–water partition coefficient (Wildman–Crippen LogP) is 0.710. The first-order valence-corrected chi connectivity index (χ1v) is 12.0. The number of rotatable bonds is 15. The van der Waals surface area contributed by atoms with Gasteiger partial charge in [0.25, 0.3) is 0 Å². The van der Waals surface area contributed by atoms with Gasteiger partial charge in [0.1, 0.15) is 6.10 Å². The molecule has 1 rings (SSSR count). The van der Waals surface area contributed by atoms with Crippen LogP contribution in [-0.2, 0) is 27.7 Å². The second-order valence-corrected chi connectivity index (χ2v) is 9.49. The van der Waals surface area contributed by atoms with Crippen LogP contribution in [-0.4, -0.2) is 58.2 Å². The highest BCUT2D eigenvalue weighted by molar-refractivity contribution is 7.89. The molecule has 1 aromatic rings. The van der Waals surface area contributed by atoms with Crippen molar-refractivity contribution in [3.05, 3.63) is 29.6 Å². The number of aromatic nitrogens is 1. The van der Waals surface area contributed by atoms with Crippen LogP contribution in [0.3, 0.4) is 0 Å². The molecule has 0 radical (unpaired) electrons. The van der Waals surface area contributed by atoms with Crippen LogP contribution >= 0.6 is 0 Å². The number of aliphatic hydroxyl groups is 2. The van der Waals surface area contributed by atoms with Gasteiger partial charge in [-0.05, 0) is 37.3 Å². The van der Waals surface area contributed by atoms with E-state index in [0.717, 1.165) is 24.1 Å². The molecule has 9 nitrogen and oxygen atoms in total. The Kier molecular flexibility index (Phi) is 10.9. The molecule has 10 heteroatoms. The molecule has 30 heavy (non-hydrogen) atoms. The van der Waals surface area contributed by atoms with E-state index in [0.29, 0.717) is 6.42 Å². The Bertz CT molecular complexity index is 756. The number of sulfonamides is 1. The molecule has 0 saturated carbocycles. The summed E-state index contributed by atoms with van der Waals surface area (Å²) in [6.45, 7) is 2.19. The van der Waals surface area contributed by atoms with Gasteiger partial charge in [-0.2, -0.15) is 0 Å². The minimum Gasteiger partial charge on any atom is -0.480 e. The molecular formula is C20H35N3O6S. The molecule has 0 bridgehead atoms. The summed E-state index contributed by atoms with van der Waals surface area (Å²) in [5, 5.41) is 34.5. The van der Waals surface area contributed by atoms with Gasteiger partial charge in [0, 0.05) is 11.9 Å². The van der Waals surface area contributed by atoms with Gasteiger partial charge in [0.05, 0.1) is 11.9 Å². The van der Waals surface area contributed by atoms with Crippen molar-refractivity contribution in [2.45, 2.75) is 82.5 Å². The molecular weight excluding hydrogens is 410 g/mol. The number of hydrogen-bond donors (Lipinski definition) is 5. The second-order valence-electron chi connectivity index (χ2n) is 7.88. The standard InChI is InChI=1S/C20H35N3O6S/c1-2-3-4-5-6-7-8-16-11-9-15(13-23-16)10-12-17(24)18(25)20(21,19(26)27)14-30(22,28)29/h9,11,13,17-18,24-25H,2-8,10,12,14,21H2,1H3,(H,26,27)(H2,22,28,29). The van der Waals surface area contributed by atoms with Crippen LogP contribution in [0.25, 0.3) is 0 Å². The van der Waals surface area contributed by atoms with Gasteiger partial charge in [-0.3, -0.25) is 9.78 Å². The van der Waals surface area contributed by atoms with Crippen molar-refractivity contribution in [2.75, 3.05) is 5.75 Å². The number of carbonyl (C=O) groups is 1. The summed E-state index contributed by atoms with van der Waals surface area (Å²) in [4.78, 5) is 15.8. The molecule has 7 N–H and O–H groups in total. The largest absolute Gasteiger partial charge is 0.480 e. The van der Waals surface area contributed by atoms with Crippen LogP contribution in [0.5, 0.6) is 0 Å². The van der Waals surface area contributed by atoms with Crippen LogP contribution < -0.4 is 10.9 Å². The number of aliphatic carboxylic acids is 1. The monoisotopic (exact) mass is 445 g/mol. The number of nitrogens with zero attached hydrogens (tertiary/aromatic N) is 1. The van der Waals surface area contributed by atoms with Crippen molar-refractivity contribution in [3.8, 4) is 0 Å². The zero-order chi connectivity index (χ0) is 22.8. The fourth-order valence-corrected chi connectivity index (χ4v) is 4.22. The Morgan fingerprint density at radius 3 is 2.30 bits per heavy atom. The van der Waals surface area contributed by atoms with E-state index in [1.54, 1.807) is 6.20 Å². The minimum atomic E-state index is -4.28. The van der Waals surface area contributed by atoms with Crippen molar-refractivity contribution in [1.29, 1.82) is 0 Å². The lowest BCUT2D eigenvalue weighted by Crippen LogP contribution is -2.65. The Morgan fingerprint density at radius 2 is 1.77 bits per heavy atom. The predicted molar refractivity (Wildman–Crippen MR) is 114 cm³/mol. The normalized spacial score (nSPS) is 16.0. The Labute approximate surface area is 178 Å². The molecule has 0 spiro atoms. The topological polar surface area (TPSA) is 177 Å². The lowest BCUT2D eigenvalue weighted by atomic mass is 9.89. The first-order chi connectivity index (χ1) is 14.0. The zero-order valence-corrected chi connectivity index (χ0v) is 18.4. The zero-order valence-electron chi connectivity index (χ0n) is 17.5. The van der Waals surface area contributed by atoms with E-state index in [1.165, 1.54) is 32.1 Å². The van der Waals surface area contributed by atoms with Crippen LogP contribution in [0.4, 0.5) is 0 Å². The maximum atomic E-state index is 11.4. The number of aliphatic hydroxyl groups excluding tert-OH is 2. The maximum absolute atomic E-state index is 11.4. The summed E-state index contributed by atoms with van der Waals surface area (Å²) in [6, 6.07) is 3.78. The molecule has 1 heterocycles. The fourth-order valence-electron chi connectivity index (χ4n) is 3.26. The maximum Gasteiger partial charge on any atom is 0.327 e. The van der Waals surface area contributed by atoms with Gasteiger partial charge in [-0.15, -0.1) is 0 Å². The molecule has 0 amide bonds. The molecule has 0 aromatic carbocycles. The molecule has 172 valence electrons. The van der Waals surface area contributed by atoms with Crippen molar-refractivity contribution >= 4 is 16.0 Å². The highest BCUT2D eigenvalue weighted by atomic mass is 32.2. The van der Waals surface area contributed by atoms with Crippen LogP contribution in [0, 0.1) is 0 Å². The minimum absolute atomic E-state index is 0.0174. The summed E-state index contributed by atoms with van der Waals surface area (Å²) in [6.07, 6.45) is 6.58. The lowest BCUT2D eigenvalue weighted by Gasteiger charge is -2.32. The molecule has 0 aliphatic rings. The summed E-state index contributed by atoms with van der Waals surface area (Å²) in [7, 11) is -4.28. The number of hydrogen-bond acceptors (Lipinski definition) is 7. The Hall–Kier alpha value is -1.59. The highest BCUT2D eigenvalue weighted by Gasteiger charge is 2.47. The third-order valence-corrected chi connectivity index (χ3v) is 6.01. The molecule has 0 saturated heterocycles. The van der Waals surface area contributed by atoms with Crippen molar-refractivity contribution < 1.29 is 28.5 Å². The number of primary sulfonamides is 1. The molecule has 0 aliphatic carbocycles. The average molecular weight is 446 g/mol.